The minimum atomic E-state index is -4.44. The summed E-state index contributed by atoms with van der Waals surface area (Å²) in [5.41, 5.74) is -0.877. The van der Waals surface area contributed by atoms with Crippen molar-refractivity contribution in [2.45, 2.75) is 32.0 Å². The lowest BCUT2D eigenvalue weighted by atomic mass is 10.00. The Kier molecular flexibility index (Phi) is 5.62. The van der Waals surface area contributed by atoms with Crippen molar-refractivity contribution in [3.63, 3.8) is 0 Å². The molecule has 0 heterocycles. The Bertz CT molecular complexity index is 363. The van der Waals surface area contributed by atoms with E-state index in [4.69, 9.17) is 4.74 Å². The number of hydrogen-bond acceptors (Lipinski definition) is 2. The highest BCUT2D eigenvalue weighted by Gasteiger charge is 2.34. The van der Waals surface area contributed by atoms with Gasteiger partial charge in [-0.3, -0.25) is 0 Å². The maximum atomic E-state index is 12.7. The maximum Gasteiger partial charge on any atom is 0.416 e. The van der Waals surface area contributed by atoms with Crippen molar-refractivity contribution >= 4 is 0 Å². The molecule has 0 radical (unpaired) electrons. The first kappa shape index (κ1) is 15.0. The van der Waals surface area contributed by atoms with Gasteiger partial charge in [0.05, 0.1) is 11.7 Å². The van der Waals surface area contributed by atoms with E-state index in [9.17, 15) is 18.3 Å². The number of aliphatic hydroxyl groups excluding tert-OH is 1. The molecule has 0 aliphatic heterocycles. The molecule has 0 bridgehead atoms. The Hall–Kier alpha value is -1.07. The quantitative estimate of drug-likeness (QED) is 0.794. The van der Waals surface area contributed by atoms with Crippen LogP contribution in [0.5, 0.6) is 0 Å². The molecular formula is C13H17F3O2. The average molecular weight is 262 g/mol. The first-order valence-corrected chi connectivity index (χ1v) is 5.88. The van der Waals surface area contributed by atoms with E-state index in [1.165, 1.54) is 18.2 Å². The van der Waals surface area contributed by atoms with Gasteiger partial charge in [0, 0.05) is 19.6 Å². The number of hydrogen-bond donors (Lipinski definition) is 1. The van der Waals surface area contributed by atoms with Crippen LogP contribution < -0.4 is 0 Å². The van der Waals surface area contributed by atoms with Crippen molar-refractivity contribution in [1.82, 2.24) is 0 Å². The molecule has 0 amide bonds. The maximum absolute atomic E-state index is 12.7. The monoisotopic (exact) mass is 262 g/mol. The van der Waals surface area contributed by atoms with Crippen LogP contribution in [0, 0.1) is 0 Å². The van der Waals surface area contributed by atoms with Gasteiger partial charge in [-0.25, -0.2) is 0 Å². The molecule has 1 N–H and O–H groups in total. The van der Waals surface area contributed by atoms with E-state index in [1.54, 1.807) is 0 Å². The van der Waals surface area contributed by atoms with Crippen LogP contribution in [-0.4, -0.2) is 18.3 Å². The van der Waals surface area contributed by atoms with Crippen molar-refractivity contribution in [1.29, 1.82) is 0 Å². The second-order valence-corrected chi connectivity index (χ2v) is 4.00. The molecular weight excluding hydrogens is 245 g/mol. The smallest absolute Gasteiger partial charge is 0.388 e. The fourth-order valence-electron chi connectivity index (χ4n) is 1.64. The Labute approximate surface area is 104 Å². The van der Waals surface area contributed by atoms with E-state index in [0.717, 1.165) is 12.5 Å². The van der Waals surface area contributed by atoms with Crippen LogP contribution in [0.4, 0.5) is 13.2 Å². The zero-order valence-electron chi connectivity index (χ0n) is 10.2. The van der Waals surface area contributed by atoms with Gasteiger partial charge in [0.2, 0.25) is 0 Å². The lowest BCUT2D eigenvalue weighted by Gasteiger charge is -2.17. The summed E-state index contributed by atoms with van der Waals surface area (Å²) in [6.07, 6.45) is -4.59. The van der Waals surface area contributed by atoms with E-state index in [-0.39, 0.29) is 18.6 Å². The molecule has 5 heteroatoms. The summed E-state index contributed by atoms with van der Waals surface area (Å²) >= 11 is 0. The fourth-order valence-corrected chi connectivity index (χ4v) is 1.64. The lowest BCUT2D eigenvalue weighted by molar-refractivity contribution is -0.139. The van der Waals surface area contributed by atoms with Crippen molar-refractivity contribution < 1.29 is 23.0 Å². The zero-order valence-corrected chi connectivity index (χ0v) is 10.2. The SMILES string of the molecule is CCCOCCC(O)c1ccccc1C(F)(F)F. The third-order valence-corrected chi connectivity index (χ3v) is 2.51. The molecule has 2 nitrogen and oxygen atoms in total. The van der Waals surface area contributed by atoms with E-state index >= 15 is 0 Å². The summed E-state index contributed by atoms with van der Waals surface area (Å²) in [6.45, 7) is 2.74. The fraction of sp³-hybridized carbons (Fsp3) is 0.538. The minimum absolute atomic E-state index is 0.0925. The zero-order chi connectivity index (χ0) is 13.6. The highest BCUT2D eigenvalue weighted by Crippen LogP contribution is 2.35. The van der Waals surface area contributed by atoms with Gasteiger partial charge in [0.15, 0.2) is 0 Å². The van der Waals surface area contributed by atoms with E-state index < -0.39 is 17.8 Å². The van der Waals surface area contributed by atoms with Gasteiger partial charge in [0.25, 0.3) is 0 Å². The normalized spacial score (nSPS) is 13.6. The highest BCUT2D eigenvalue weighted by atomic mass is 19.4. The van der Waals surface area contributed by atoms with E-state index in [1.807, 2.05) is 6.92 Å². The molecule has 0 aliphatic rings. The first-order chi connectivity index (χ1) is 8.46. The predicted octanol–water partition coefficient (Wildman–Crippen LogP) is 3.56. The summed E-state index contributed by atoms with van der Waals surface area (Å²) in [4.78, 5) is 0. The van der Waals surface area contributed by atoms with Crippen LogP contribution in [0.25, 0.3) is 0 Å². The van der Waals surface area contributed by atoms with Gasteiger partial charge >= 0.3 is 6.18 Å². The lowest BCUT2D eigenvalue weighted by Crippen LogP contribution is -2.13. The van der Waals surface area contributed by atoms with Crippen molar-refractivity contribution in [3.05, 3.63) is 35.4 Å². The number of ether oxygens (including phenoxy) is 1. The summed E-state index contributed by atoms with van der Waals surface area (Å²) in [5, 5.41) is 9.78. The third kappa shape index (κ3) is 4.31. The number of rotatable bonds is 6. The molecule has 102 valence electrons. The molecule has 1 atom stereocenters. The van der Waals surface area contributed by atoms with Gasteiger partial charge in [0.1, 0.15) is 0 Å². The topological polar surface area (TPSA) is 29.5 Å². The van der Waals surface area contributed by atoms with Crippen molar-refractivity contribution in [2.24, 2.45) is 0 Å². The first-order valence-electron chi connectivity index (χ1n) is 5.88. The van der Waals surface area contributed by atoms with Crippen LogP contribution in [0.3, 0.4) is 0 Å². The van der Waals surface area contributed by atoms with E-state index in [2.05, 4.69) is 0 Å². The summed E-state index contributed by atoms with van der Waals surface area (Å²) in [7, 11) is 0. The van der Waals surface area contributed by atoms with Crippen LogP contribution in [0.1, 0.15) is 37.0 Å². The van der Waals surface area contributed by atoms with Gasteiger partial charge < -0.3 is 9.84 Å². The van der Waals surface area contributed by atoms with Gasteiger partial charge in [-0.2, -0.15) is 13.2 Å². The summed E-state index contributed by atoms with van der Waals surface area (Å²) in [6, 6.07) is 5.08. The Morgan fingerprint density at radius 2 is 1.89 bits per heavy atom. The largest absolute Gasteiger partial charge is 0.416 e. The number of aliphatic hydroxyl groups is 1. The second-order valence-electron chi connectivity index (χ2n) is 4.00. The standard InChI is InChI=1S/C13H17F3O2/c1-2-8-18-9-7-12(17)10-5-3-4-6-11(10)13(14,15)16/h3-6,12,17H,2,7-9H2,1H3. The Morgan fingerprint density at radius 3 is 2.50 bits per heavy atom. The molecule has 1 aromatic rings. The number of alkyl halides is 3. The molecule has 1 unspecified atom stereocenters. The average Bonchev–Trinajstić information content (AvgIpc) is 2.33. The molecule has 18 heavy (non-hydrogen) atoms. The molecule has 1 rings (SSSR count). The van der Waals surface area contributed by atoms with Gasteiger partial charge in [-0.1, -0.05) is 25.1 Å². The minimum Gasteiger partial charge on any atom is -0.388 e. The molecule has 0 saturated heterocycles. The summed E-state index contributed by atoms with van der Waals surface area (Å²) < 4.78 is 43.3. The number of benzene rings is 1. The Morgan fingerprint density at radius 1 is 1.22 bits per heavy atom. The Balaban J connectivity index is 2.70. The van der Waals surface area contributed by atoms with Crippen LogP contribution in [0.15, 0.2) is 24.3 Å². The van der Waals surface area contributed by atoms with Crippen LogP contribution in [0.2, 0.25) is 0 Å². The number of halogens is 3. The molecule has 0 aliphatic carbocycles. The summed E-state index contributed by atoms with van der Waals surface area (Å²) in [5.74, 6) is 0. The third-order valence-electron chi connectivity index (χ3n) is 2.51. The van der Waals surface area contributed by atoms with Crippen LogP contribution >= 0.6 is 0 Å². The van der Waals surface area contributed by atoms with Crippen molar-refractivity contribution in [3.8, 4) is 0 Å². The van der Waals surface area contributed by atoms with Gasteiger partial charge in [-0.15, -0.1) is 0 Å². The van der Waals surface area contributed by atoms with Gasteiger partial charge in [-0.05, 0) is 18.1 Å². The molecule has 0 spiro atoms. The predicted molar refractivity (Wildman–Crippen MR) is 62.1 cm³/mol. The molecule has 1 aromatic carbocycles. The highest BCUT2D eigenvalue weighted by molar-refractivity contribution is 5.31. The van der Waals surface area contributed by atoms with Crippen molar-refractivity contribution in [2.75, 3.05) is 13.2 Å². The molecule has 0 fully saturated rings. The molecule has 0 saturated carbocycles. The van der Waals surface area contributed by atoms with Crippen LogP contribution in [-0.2, 0) is 10.9 Å². The molecule has 0 aromatic heterocycles. The van der Waals surface area contributed by atoms with E-state index in [0.29, 0.717) is 6.61 Å². The second kappa shape index (κ2) is 6.75.